The third kappa shape index (κ3) is 3.33. The minimum Gasteiger partial charge on any atom is -0.354 e. The maximum absolute atomic E-state index is 5.51. The molecular formula is C22H20N2OS. The summed E-state index contributed by atoms with van der Waals surface area (Å²) in [4.78, 5) is 4.73. The van der Waals surface area contributed by atoms with Crippen LogP contribution in [-0.2, 0) is 5.41 Å². The highest BCUT2D eigenvalue weighted by molar-refractivity contribution is 7.13. The van der Waals surface area contributed by atoms with Gasteiger partial charge in [0.1, 0.15) is 16.4 Å². The van der Waals surface area contributed by atoms with Crippen molar-refractivity contribution in [2.24, 2.45) is 0 Å². The van der Waals surface area contributed by atoms with Gasteiger partial charge in [0.2, 0.25) is 0 Å². The lowest BCUT2D eigenvalue weighted by Gasteiger charge is -2.18. The molecule has 4 rings (SSSR count). The minimum absolute atomic E-state index is 0.153. The fourth-order valence-corrected chi connectivity index (χ4v) is 3.59. The Kier molecular flexibility index (Phi) is 4.21. The van der Waals surface area contributed by atoms with E-state index >= 15 is 0 Å². The summed E-state index contributed by atoms with van der Waals surface area (Å²) in [6.07, 6.45) is 0. The number of hydrogen-bond donors (Lipinski definition) is 0. The van der Waals surface area contributed by atoms with E-state index < -0.39 is 0 Å². The Hall–Kier alpha value is -2.72. The van der Waals surface area contributed by atoms with Gasteiger partial charge in [-0.2, -0.15) is 0 Å². The summed E-state index contributed by atoms with van der Waals surface area (Å²) in [5.41, 5.74) is 5.28. The van der Waals surface area contributed by atoms with E-state index in [9.17, 15) is 0 Å². The van der Waals surface area contributed by atoms with E-state index in [-0.39, 0.29) is 5.41 Å². The number of thiazole rings is 1. The van der Waals surface area contributed by atoms with Gasteiger partial charge in [-0.3, -0.25) is 0 Å². The van der Waals surface area contributed by atoms with Gasteiger partial charge in [0, 0.05) is 22.6 Å². The molecule has 26 heavy (non-hydrogen) atoms. The molecule has 0 aliphatic rings. The van der Waals surface area contributed by atoms with Gasteiger partial charge in [0.05, 0.1) is 0 Å². The largest absolute Gasteiger partial charge is 0.354 e. The predicted molar refractivity (Wildman–Crippen MR) is 107 cm³/mol. The second-order valence-electron chi connectivity index (χ2n) is 7.31. The van der Waals surface area contributed by atoms with Crippen LogP contribution in [0.1, 0.15) is 26.3 Å². The van der Waals surface area contributed by atoms with Crippen molar-refractivity contribution in [3.8, 4) is 33.3 Å². The molecule has 0 saturated heterocycles. The van der Waals surface area contributed by atoms with Crippen molar-refractivity contribution < 1.29 is 4.52 Å². The second-order valence-corrected chi connectivity index (χ2v) is 8.17. The van der Waals surface area contributed by atoms with Gasteiger partial charge in [0.25, 0.3) is 0 Å². The van der Waals surface area contributed by atoms with Crippen LogP contribution in [0, 0.1) is 0 Å². The van der Waals surface area contributed by atoms with Crippen LogP contribution in [0.15, 0.2) is 70.6 Å². The molecule has 130 valence electrons. The topological polar surface area (TPSA) is 38.9 Å². The molecule has 0 atom stereocenters. The molecule has 0 unspecified atom stereocenters. The van der Waals surface area contributed by atoms with Crippen molar-refractivity contribution in [2.75, 3.05) is 0 Å². The van der Waals surface area contributed by atoms with Crippen LogP contribution in [0.4, 0.5) is 0 Å². The van der Waals surface area contributed by atoms with Gasteiger partial charge in [-0.25, -0.2) is 4.98 Å². The lowest BCUT2D eigenvalue weighted by Crippen LogP contribution is -2.10. The average Bonchev–Trinajstić information content (AvgIpc) is 3.31. The Balaban J connectivity index is 1.60. The standard InChI is InChI=1S/C22H20N2OS/c1-22(2,3)17-11-9-16(10-12-17)21-23-19(14-26-21)20-13-18(24-25-20)15-7-5-4-6-8-15/h4-14H,1-3H3. The van der Waals surface area contributed by atoms with Gasteiger partial charge in [0.15, 0.2) is 5.76 Å². The SMILES string of the molecule is CC(C)(C)c1ccc(-c2nc(-c3cc(-c4ccccc4)no3)cs2)cc1. The molecular weight excluding hydrogens is 340 g/mol. The first kappa shape index (κ1) is 16.7. The van der Waals surface area contributed by atoms with E-state index in [4.69, 9.17) is 9.51 Å². The van der Waals surface area contributed by atoms with Gasteiger partial charge < -0.3 is 4.52 Å². The smallest absolute Gasteiger partial charge is 0.186 e. The molecule has 0 N–H and O–H groups in total. The van der Waals surface area contributed by atoms with Crippen molar-refractivity contribution >= 4 is 11.3 Å². The van der Waals surface area contributed by atoms with Crippen molar-refractivity contribution in [3.63, 3.8) is 0 Å². The van der Waals surface area contributed by atoms with Gasteiger partial charge in [-0.15, -0.1) is 11.3 Å². The maximum atomic E-state index is 5.51. The van der Waals surface area contributed by atoms with Crippen LogP contribution < -0.4 is 0 Å². The lowest BCUT2D eigenvalue weighted by atomic mass is 9.87. The Labute approximate surface area is 157 Å². The normalized spacial score (nSPS) is 11.7. The van der Waals surface area contributed by atoms with Crippen molar-refractivity contribution in [2.45, 2.75) is 26.2 Å². The summed E-state index contributed by atoms with van der Waals surface area (Å²) in [7, 11) is 0. The van der Waals surface area contributed by atoms with E-state index in [0.717, 1.165) is 27.5 Å². The average molecular weight is 360 g/mol. The van der Waals surface area contributed by atoms with Crippen LogP contribution in [0.5, 0.6) is 0 Å². The number of hydrogen-bond acceptors (Lipinski definition) is 4. The molecule has 2 aromatic heterocycles. The van der Waals surface area contributed by atoms with Crippen molar-refractivity contribution in [1.29, 1.82) is 0 Å². The Bertz CT molecular complexity index is 1010. The summed E-state index contributed by atoms with van der Waals surface area (Å²) in [6, 6.07) is 20.6. The molecule has 0 radical (unpaired) electrons. The van der Waals surface area contributed by atoms with Crippen LogP contribution in [0.3, 0.4) is 0 Å². The number of nitrogens with zero attached hydrogens (tertiary/aromatic N) is 2. The van der Waals surface area contributed by atoms with Crippen LogP contribution in [0.25, 0.3) is 33.3 Å². The summed E-state index contributed by atoms with van der Waals surface area (Å²) >= 11 is 1.62. The summed E-state index contributed by atoms with van der Waals surface area (Å²) < 4.78 is 5.51. The molecule has 4 aromatic rings. The molecule has 0 aliphatic carbocycles. The summed E-state index contributed by atoms with van der Waals surface area (Å²) in [5, 5.41) is 7.17. The minimum atomic E-state index is 0.153. The first-order valence-electron chi connectivity index (χ1n) is 8.60. The fraction of sp³-hybridized carbons (Fsp3) is 0.182. The molecule has 2 heterocycles. The summed E-state index contributed by atoms with van der Waals surface area (Å²) in [5.74, 6) is 0.692. The van der Waals surface area contributed by atoms with E-state index in [2.05, 4.69) is 50.2 Å². The highest BCUT2D eigenvalue weighted by Gasteiger charge is 2.15. The zero-order valence-electron chi connectivity index (χ0n) is 15.1. The number of rotatable bonds is 3. The van der Waals surface area contributed by atoms with E-state index in [1.165, 1.54) is 5.56 Å². The Morgan fingerprint density at radius 1 is 0.846 bits per heavy atom. The van der Waals surface area contributed by atoms with E-state index in [0.29, 0.717) is 5.76 Å². The van der Waals surface area contributed by atoms with Crippen LogP contribution in [-0.4, -0.2) is 10.1 Å². The second kappa shape index (κ2) is 6.54. The van der Waals surface area contributed by atoms with Crippen molar-refractivity contribution in [3.05, 3.63) is 71.6 Å². The molecule has 0 bridgehead atoms. The fourth-order valence-electron chi connectivity index (χ4n) is 2.77. The van der Waals surface area contributed by atoms with Gasteiger partial charge in [-0.05, 0) is 11.0 Å². The van der Waals surface area contributed by atoms with Crippen molar-refractivity contribution in [1.82, 2.24) is 10.1 Å². The number of benzene rings is 2. The van der Waals surface area contributed by atoms with E-state index in [1.54, 1.807) is 11.3 Å². The number of aromatic nitrogens is 2. The molecule has 0 saturated carbocycles. The monoisotopic (exact) mass is 360 g/mol. The quantitative estimate of drug-likeness (QED) is 0.422. The lowest BCUT2D eigenvalue weighted by molar-refractivity contribution is 0.434. The molecule has 0 aliphatic heterocycles. The Morgan fingerprint density at radius 2 is 1.58 bits per heavy atom. The third-order valence-corrected chi connectivity index (χ3v) is 5.23. The predicted octanol–water partition coefficient (Wildman–Crippen LogP) is 6.43. The first-order valence-corrected chi connectivity index (χ1v) is 9.48. The molecule has 0 spiro atoms. The van der Waals surface area contributed by atoms with Gasteiger partial charge >= 0.3 is 0 Å². The third-order valence-electron chi connectivity index (χ3n) is 4.33. The highest BCUT2D eigenvalue weighted by atomic mass is 32.1. The zero-order chi connectivity index (χ0) is 18.1. The molecule has 0 fully saturated rings. The first-order chi connectivity index (χ1) is 12.5. The van der Waals surface area contributed by atoms with Crippen LogP contribution >= 0.6 is 11.3 Å². The highest BCUT2D eigenvalue weighted by Crippen LogP contribution is 2.32. The Morgan fingerprint density at radius 3 is 2.27 bits per heavy atom. The van der Waals surface area contributed by atoms with E-state index in [1.807, 2.05) is 41.8 Å². The molecule has 4 heteroatoms. The maximum Gasteiger partial charge on any atom is 0.186 e. The van der Waals surface area contributed by atoms with Crippen LogP contribution in [0.2, 0.25) is 0 Å². The molecule has 2 aromatic carbocycles. The molecule has 0 amide bonds. The van der Waals surface area contributed by atoms with Gasteiger partial charge in [-0.1, -0.05) is 80.5 Å². The molecule has 3 nitrogen and oxygen atoms in total. The zero-order valence-corrected chi connectivity index (χ0v) is 15.9. The summed E-state index contributed by atoms with van der Waals surface area (Å²) in [6.45, 7) is 6.66.